The molecule has 0 amide bonds. The average Bonchev–Trinajstić information content (AvgIpc) is 3.09. The van der Waals surface area contributed by atoms with Gasteiger partial charge in [-0.1, -0.05) is 42.5 Å². The fraction of sp³-hybridized carbons (Fsp3) is 0.0952. The van der Waals surface area contributed by atoms with Crippen molar-refractivity contribution < 1.29 is 22.7 Å². The zero-order chi connectivity index (χ0) is 19.9. The van der Waals surface area contributed by atoms with E-state index in [1.165, 1.54) is 24.3 Å². The maximum absolute atomic E-state index is 13.2. The molecule has 1 aliphatic rings. The summed E-state index contributed by atoms with van der Waals surface area (Å²) < 4.78 is 40.5. The number of hydrogen-bond acceptors (Lipinski definition) is 3. The lowest BCUT2D eigenvalue weighted by Gasteiger charge is -2.24. The summed E-state index contributed by atoms with van der Waals surface area (Å²) in [6.07, 6.45) is 0.123. The van der Waals surface area contributed by atoms with E-state index in [0.717, 1.165) is 15.4 Å². The number of rotatable bonds is 4. The third kappa shape index (κ3) is 3.03. The second-order valence-electron chi connectivity index (χ2n) is 6.52. The van der Waals surface area contributed by atoms with Crippen molar-refractivity contribution in [2.75, 3.05) is 4.31 Å². The van der Waals surface area contributed by atoms with Gasteiger partial charge in [-0.2, -0.15) is 0 Å². The predicted molar refractivity (Wildman–Crippen MR) is 103 cm³/mol. The van der Waals surface area contributed by atoms with Gasteiger partial charge in [0.15, 0.2) is 0 Å². The molecule has 0 aromatic heterocycles. The molecule has 0 unspecified atom stereocenters. The molecule has 0 bridgehead atoms. The van der Waals surface area contributed by atoms with Crippen molar-refractivity contribution in [2.45, 2.75) is 17.4 Å². The molecule has 1 atom stereocenters. The van der Waals surface area contributed by atoms with E-state index in [4.69, 9.17) is 0 Å². The topological polar surface area (TPSA) is 74.7 Å². The number of carboxylic acids is 1. The molecule has 1 aliphatic heterocycles. The van der Waals surface area contributed by atoms with Crippen LogP contribution in [0, 0.1) is 5.82 Å². The first-order valence-corrected chi connectivity index (χ1v) is 10.0. The van der Waals surface area contributed by atoms with Crippen molar-refractivity contribution >= 4 is 21.7 Å². The number of anilines is 1. The number of halogens is 1. The van der Waals surface area contributed by atoms with E-state index in [0.29, 0.717) is 11.3 Å². The van der Waals surface area contributed by atoms with Gasteiger partial charge in [0.25, 0.3) is 10.0 Å². The van der Waals surface area contributed by atoms with Gasteiger partial charge in [0.1, 0.15) is 11.9 Å². The highest BCUT2D eigenvalue weighted by atomic mass is 32.2. The molecule has 4 rings (SSSR count). The third-order valence-corrected chi connectivity index (χ3v) is 6.64. The van der Waals surface area contributed by atoms with Gasteiger partial charge in [0.05, 0.1) is 10.6 Å². The summed E-state index contributed by atoms with van der Waals surface area (Å²) in [5.41, 5.74) is 2.55. The van der Waals surface area contributed by atoms with Crippen molar-refractivity contribution in [3.63, 3.8) is 0 Å². The van der Waals surface area contributed by atoms with Crippen molar-refractivity contribution in [3.8, 4) is 11.1 Å². The standard InChI is InChI=1S/C21H16FNO4S/c22-17-9-5-14(6-10-17)15-7-11-18(12-8-15)28(26,27)23-19-4-2-1-3-16(19)13-20(23)21(24)25/h1-12,20H,13H2,(H,24,25)/t20-/m0/s1. The Hall–Kier alpha value is -3.19. The van der Waals surface area contributed by atoms with Gasteiger partial charge in [-0.3, -0.25) is 4.31 Å². The SMILES string of the molecule is O=C(O)[C@@H]1Cc2ccccc2N1S(=O)(=O)c1ccc(-c2ccc(F)cc2)cc1. The fourth-order valence-corrected chi connectivity index (χ4v) is 5.06. The van der Waals surface area contributed by atoms with Gasteiger partial charge in [-0.15, -0.1) is 0 Å². The Morgan fingerprint density at radius 3 is 2.11 bits per heavy atom. The van der Waals surface area contributed by atoms with E-state index in [2.05, 4.69) is 0 Å². The Morgan fingerprint density at radius 2 is 1.50 bits per heavy atom. The van der Waals surface area contributed by atoms with Crippen LogP contribution in [0.2, 0.25) is 0 Å². The molecule has 0 fully saturated rings. The van der Waals surface area contributed by atoms with Gasteiger partial charge in [0, 0.05) is 6.42 Å². The van der Waals surface area contributed by atoms with E-state index in [9.17, 15) is 22.7 Å². The highest BCUT2D eigenvalue weighted by Crippen LogP contribution is 2.37. The average molecular weight is 397 g/mol. The van der Waals surface area contributed by atoms with E-state index in [1.807, 2.05) is 0 Å². The number of sulfonamides is 1. The summed E-state index contributed by atoms with van der Waals surface area (Å²) in [6, 6.07) is 17.6. The molecule has 0 saturated carbocycles. The number of aliphatic carboxylic acids is 1. The molecule has 0 saturated heterocycles. The summed E-state index contributed by atoms with van der Waals surface area (Å²) in [7, 11) is -4.06. The number of carbonyl (C=O) groups is 1. The molecule has 142 valence electrons. The second kappa shape index (κ2) is 6.76. The van der Waals surface area contributed by atoms with E-state index in [-0.39, 0.29) is 17.1 Å². The normalized spacial score (nSPS) is 16.0. The largest absolute Gasteiger partial charge is 0.480 e. The number of fused-ring (bicyclic) bond motifs is 1. The molecule has 3 aromatic carbocycles. The summed E-state index contributed by atoms with van der Waals surface area (Å²) in [6.45, 7) is 0. The van der Waals surface area contributed by atoms with Crippen LogP contribution in [-0.2, 0) is 21.2 Å². The molecule has 28 heavy (non-hydrogen) atoms. The van der Waals surface area contributed by atoms with Crippen LogP contribution >= 0.6 is 0 Å². The zero-order valence-electron chi connectivity index (χ0n) is 14.6. The maximum Gasteiger partial charge on any atom is 0.327 e. The Labute approximate surface area is 161 Å². The maximum atomic E-state index is 13.2. The van der Waals surface area contributed by atoms with Gasteiger partial charge in [-0.25, -0.2) is 17.6 Å². The third-order valence-electron chi connectivity index (χ3n) is 4.80. The van der Waals surface area contributed by atoms with Gasteiger partial charge in [-0.05, 0) is 47.0 Å². The molecule has 3 aromatic rings. The lowest BCUT2D eigenvalue weighted by atomic mass is 10.1. The molecule has 1 heterocycles. The van der Waals surface area contributed by atoms with Gasteiger partial charge >= 0.3 is 5.97 Å². The second-order valence-corrected chi connectivity index (χ2v) is 8.33. The lowest BCUT2D eigenvalue weighted by Crippen LogP contribution is -2.42. The zero-order valence-corrected chi connectivity index (χ0v) is 15.4. The van der Waals surface area contributed by atoms with Crippen LogP contribution in [0.5, 0.6) is 0 Å². The smallest absolute Gasteiger partial charge is 0.327 e. The Kier molecular flexibility index (Phi) is 4.39. The van der Waals surface area contributed by atoms with Gasteiger partial charge < -0.3 is 5.11 Å². The summed E-state index contributed by atoms with van der Waals surface area (Å²) >= 11 is 0. The Balaban J connectivity index is 1.73. The Morgan fingerprint density at radius 1 is 0.929 bits per heavy atom. The first-order chi connectivity index (χ1) is 13.4. The number of para-hydroxylation sites is 1. The van der Waals surface area contributed by atoms with E-state index in [1.54, 1.807) is 48.5 Å². The number of benzene rings is 3. The molecule has 1 N–H and O–H groups in total. The van der Waals surface area contributed by atoms with Crippen LogP contribution in [0.1, 0.15) is 5.56 Å². The van der Waals surface area contributed by atoms with Crippen molar-refractivity contribution in [1.82, 2.24) is 0 Å². The summed E-state index contributed by atoms with van der Waals surface area (Å²) in [5, 5.41) is 9.54. The number of carboxylic acid groups (broad SMARTS) is 1. The van der Waals surface area contributed by atoms with Crippen LogP contribution in [0.4, 0.5) is 10.1 Å². The van der Waals surface area contributed by atoms with Gasteiger partial charge in [0.2, 0.25) is 0 Å². The molecule has 0 radical (unpaired) electrons. The summed E-state index contributed by atoms with van der Waals surface area (Å²) in [4.78, 5) is 11.7. The van der Waals surface area contributed by atoms with Crippen LogP contribution in [0.3, 0.4) is 0 Å². The van der Waals surface area contributed by atoms with Crippen LogP contribution in [-0.4, -0.2) is 25.5 Å². The van der Waals surface area contributed by atoms with E-state index < -0.39 is 22.0 Å². The Bertz CT molecular complexity index is 1140. The summed E-state index contributed by atoms with van der Waals surface area (Å²) in [5.74, 6) is -1.54. The minimum atomic E-state index is -4.06. The predicted octanol–water partition coefficient (Wildman–Crippen LogP) is 3.70. The molecular formula is C21H16FNO4S. The first-order valence-electron chi connectivity index (χ1n) is 8.59. The minimum absolute atomic E-state index is 0.00122. The van der Waals surface area contributed by atoms with Crippen LogP contribution in [0.15, 0.2) is 77.7 Å². The number of hydrogen-bond donors (Lipinski definition) is 1. The van der Waals surface area contributed by atoms with Crippen molar-refractivity contribution in [2.24, 2.45) is 0 Å². The van der Waals surface area contributed by atoms with E-state index >= 15 is 0 Å². The minimum Gasteiger partial charge on any atom is -0.480 e. The molecule has 7 heteroatoms. The van der Waals surface area contributed by atoms with Crippen molar-refractivity contribution in [3.05, 3.63) is 84.2 Å². The lowest BCUT2D eigenvalue weighted by molar-refractivity contribution is -0.138. The fourth-order valence-electron chi connectivity index (χ4n) is 3.42. The van der Waals surface area contributed by atoms with Crippen LogP contribution in [0.25, 0.3) is 11.1 Å². The highest BCUT2D eigenvalue weighted by molar-refractivity contribution is 7.93. The highest BCUT2D eigenvalue weighted by Gasteiger charge is 2.42. The molecule has 5 nitrogen and oxygen atoms in total. The number of nitrogens with zero attached hydrogens (tertiary/aromatic N) is 1. The quantitative estimate of drug-likeness (QED) is 0.729. The monoisotopic (exact) mass is 397 g/mol. The molecule has 0 aliphatic carbocycles. The van der Waals surface area contributed by atoms with Crippen LogP contribution < -0.4 is 4.31 Å². The molecule has 0 spiro atoms. The first kappa shape index (κ1) is 18.2. The molecular weight excluding hydrogens is 381 g/mol. The van der Waals surface area contributed by atoms with Crippen molar-refractivity contribution in [1.29, 1.82) is 0 Å².